The first-order valence-corrected chi connectivity index (χ1v) is 9.64. The number of piperazine rings is 1. The Kier molecular flexibility index (Phi) is 5.60. The summed E-state index contributed by atoms with van der Waals surface area (Å²) in [6, 6.07) is 13.3. The minimum atomic E-state index is -0.0722. The van der Waals surface area contributed by atoms with E-state index in [1.807, 2.05) is 41.3 Å². The van der Waals surface area contributed by atoms with Crippen molar-refractivity contribution in [2.75, 3.05) is 36.4 Å². The van der Waals surface area contributed by atoms with Crippen LogP contribution in [0.25, 0.3) is 0 Å². The molecule has 0 aromatic carbocycles. The molecule has 1 N–H and O–H groups in total. The fourth-order valence-electron chi connectivity index (χ4n) is 3.29. The smallest absolute Gasteiger partial charge is 0.272 e. The van der Waals surface area contributed by atoms with Gasteiger partial charge < -0.3 is 15.1 Å². The Labute approximate surface area is 169 Å². The maximum absolute atomic E-state index is 13.0. The molecule has 1 aliphatic rings. The van der Waals surface area contributed by atoms with Gasteiger partial charge in [-0.3, -0.25) is 9.78 Å². The number of aromatic nitrogens is 4. The maximum Gasteiger partial charge on any atom is 0.272 e. The molecular weight excluding hydrogens is 366 g/mol. The van der Waals surface area contributed by atoms with Crippen LogP contribution in [0, 0.1) is 6.92 Å². The van der Waals surface area contributed by atoms with Crippen LogP contribution in [0.5, 0.6) is 0 Å². The summed E-state index contributed by atoms with van der Waals surface area (Å²) in [6.07, 6.45) is 3.54. The summed E-state index contributed by atoms with van der Waals surface area (Å²) in [5.74, 6) is 2.06. The van der Waals surface area contributed by atoms with E-state index in [0.717, 1.165) is 24.6 Å². The van der Waals surface area contributed by atoms with E-state index in [9.17, 15) is 4.79 Å². The first-order chi connectivity index (χ1) is 14.2. The van der Waals surface area contributed by atoms with Gasteiger partial charge in [0.05, 0.1) is 12.2 Å². The monoisotopic (exact) mass is 389 g/mol. The molecule has 148 valence electrons. The Bertz CT molecular complexity index is 957. The molecule has 0 spiro atoms. The van der Waals surface area contributed by atoms with Crippen LogP contribution in [-0.2, 0) is 6.54 Å². The lowest BCUT2D eigenvalue weighted by molar-refractivity contribution is 0.0740. The number of carbonyl (C=O) groups excluding carboxylic acids is 1. The predicted octanol–water partition coefficient (Wildman–Crippen LogP) is 2.15. The molecule has 1 aliphatic heterocycles. The quantitative estimate of drug-likeness (QED) is 0.715. The average Bonchev–Trinajstić information content (AvgIpc) is 2.78. The highest BCUT2D eigenvalue weighted by Gasteiger charge is 2.24. The van der Waals surface area contributed by atoms with E-state index in [1.54, 1.807) is 25.4 Å². The van der Waals surface area contributed by atoms with Gasteiger partial charge in [0.15, 0.2) is 0 Å². The lowest BCUT2D eigenvalue weighted by Gasteiger charge is -2.35. The van der Waals surface area contributed by atoms with E-state index < -0.39 is 0 Å². The van der Waals surface area contributed by atoms with Gasteiger partial charge in [0.25, 0.3) is 5.91 Å². The summed E-state index contributed by atoms with van der Waals surface area (Å²) in [4.78, 5) is 34.4. The molecule has 0 atom stereocenters. The van der Waals surface area contributed by atoms with Gasteiger partial charge in [-0.25, -0.2) is 15.0 Å². The van der Waals surface area contributed by atoms with Crippen molar-refractivity contribution in [3.63, 3.8) is 0 Å². The molecule has 0 unspecified atom stereocenters. The van der Waals surface area contributed by atoms with Gasteiger partial charge in [-0.1, -0.05) is 12.1 Å². The standard InChI is InChI=1S/C21H23N7O/c1-16-25-18(14-19(26-16)24-15-17-6-2-4-8-22-17)21(29)28-12-10-27(11-13-28)20-7-3-5-9-23-20/h2-9,14H,10-13,15H2,1H3,(H,24,25,26). The Hall–Kier alpha value is -3.55. The molecule has 3 aromatic rings. The predicted molar refractivity (Wildman–Crippen MR) is 111 cm³/mol. The highest BCUT2D eigenvalue weighted by atomic mass is 16.2. The van der Waals surface area contributed by atoms with Gasteiger partial charge >= 0.3 is 0 Å². The highest BCUT2D eigenvalue weighted by Crippen LogP contribution is 2.15. The largest absolute Gasteiger partial charge is 0.364 e. The number of carbonyl (C=O) groups is 1. The van der Waals surface area contributed by atoms with E-state index >= 15 is 0 Å². The van der Waals surface area contributed by atoms with Crippen LogP contribution in [0.3, 0.4) is 0 Å². The van der Waals surface area contributed by atoms with Crippen molar-refractivity contribution in [1.29, 1.82) is 0 Å². The number of aryl methyl sites for hydroxylation is 1. The summed E-state index contributed by atoms with van der Waals surface area (Å²) < 4.78 is 0. The van der Waals surface area contributed by atoms with Crippen LogP contribution in [0.15, 0.2) is 54.9 Å². The van der Waals surface area contributed by atoms with Crippen molar-refractivity contribution in [1.82, 2.24) is 24.8 Å². The second kappa shape index (κ2) is 8.64. The van der Waals surface area contributed by atoms with E-state index in [4.69, 9.17) is 0 Å². The molecule has 8 nitrogen and oxygen atoms in total. The van der Waals surface area contributed by atoms with E-state index in [-0.39, 0.29) is 5.91 Å². The lowest BCUT2D eigenvalue weighted by Crippen LogP contribution is -2.49. The van der Waals surface area contributed by atoms with Crippen molar-refractivity contribution in [2.45, 2.75) is 13.5 Å². The fourth-order valence-corrected chi connectivity index (χ4v) is 3.29. The molecule has 1 saturated heterocycles. The summed E-state index contributed by atoms with van der Waals surface area (Å²) in [5.41, 5.74) is 1.31. The van der Waals surface area contributed by atoms with E-state index in [1.165, 1.54) is 0 Å². The Morgan fingerprint density at radius 1 is 1.00 bits per heavy atom. The Morgan fingerprint density at radius 2 is 1.76 bits per heavy atom. The van der Waals surface area contributed by atoms with Crippen molar-refractivity contribution in [2.24, 2.45) is 0 Å². The number of pyridine rings is 2. The van der Waals surface area contributed by atoms with Crippen LogP contribution >= 0.6 is 0 Å². The molecule has 0 radical (unpaired) electrons. The SMILES string of the molecule is Cc1nc(NCc2ccccn2)cc(C(=O)N2CCN(c3ccccn3)CC2)n1. The number of amides is 1. The van der Waals surface area contributed by atoms with Crippen molar-refractivity contribution in [3.8, 4) is 0 Å². The van der Waals surface area contributed by atoms with Crippen molar-refractivity contribution in [3.05, 3.63) is 72.1 Å². The molecule has 3 aromatic heterocycles. The molecule has 1 amide bonds. The summed E-state index contributed by atoms with van der Waals surface area (Å²) >= 11 is 0. The summed E-state index contributed by atoms with van der Waals surface area (Å²) in [6.45, 7) is 5.09. The third kappa shape index (κ3) is 4.66. The molecular formula is C21H23N7O. The van der Waals surface area contributed by atoms with Gasteiger partial charge in [-0.15, -0.1) is 0 Å². The first kappa shape index (κ1) is 18.8. The van der Waals surface area contributed by atoms with E-state index in [2.05, 4.69) is 30.2 Å². The number of nitrogens with zero attached hydrogens (tertiary/aromatic N) is 6. The maximum atomic E-state index is 13.0. The first-order valence-electron chi connectivity index (χ1n) is 9.64. The number of hydrogen-bond acceptors (Lipinski definition) is 7. The van der Waals surface area contributed by atoms with Crippen LogP contribution in [0.4, 0.5) is 11.6 Å². The summed E-state index contributed by atoms with van der Waals surface area (Å²) in [5, 5.41) is 3.23. The molecule has 8 heteroatoms. The van der Waals surface area contributed by atoms with Gasteiger partial charge in [0.1, 0.15) is 23.2 Å². The normalized spacial score (nSPS) is 14.0. The minimum absolute atomic E-state index is 0.0722. The number of hydrogen-bond donors (Lipinski definition) is 1. The second-order valence-corrected chi connectivity index (χ2v) is 6.83. The van der Waals surface area contributed by atoms with Gasteiger partial charge in [-0.2, -0.15) is 0 Å². The summed E-state index contributed by atoms with van der Waals surface area (Å²) in [7, 11) is 0. The van der Waals surface area contributed by atoms with Crippen LogP contribution in [0.2, 0.25) is 0 Å². The highest BCUT2D eigenvalue weighted by molar-refractivity contribution is 5.93. The lowest BCUT2D eigenvalue weighted by atomic mass is 10.2. The topological polar surface area (TPSA) is 87.1 Å². The van der Waals surface area contributed by atoms with Crippen molar-refractivity contribution >= 4 is 17.5 Å². The fraction of sp³-hybridized carbons (Fsp3) is 0.286. The number of nitrogens with one attached hydrogen (secondary N) is 1. The Balaban J connectivity index is 1.40. The third-order valence-corrected chi connectivity index (χ3v) is 4.77. The minimum Gasteiger partial charge on any atom is -0.364 e. The Morgan fingerprint density at radius 3 is 2.45 bits per heavy atom. The average molecular weight is 389 g/mol. The molecule has 29 heavy (non-hydrogen) atoms. The van der Waals surface area contributed by atoms with Gasteiger partial charge in [0.2, 0.25) is 0 Å². The second-order valence-electron chi connectivity index (χ2n) is 6.83. The van der Waals surface area contributed by atoms with Gasteiger partial charge in [-0.05, 0) is 31.2 Å². The zero-order chi connectivity index (χ0) is 20.1. The zero-order valence-corrected chi connectivity index (χ0v) is 16.3. The van der Waals surface area contributed by atoms with E-state index in [0.29, 0.717) is 37.0 Å². The zero-order valence-electron chi connectivity index (χ0n) is 16.3. The van der Waals surface area contributed by atoms with Crippen LogP contribution < -0.4 is 10.2 Å². The molecule has 0 aliphatic carbocycles. The molecule has 1 fully saturated rings. The molecule has 0 bridgehead atoms. The molecule has 4 heterocycles. The van der Waals surface area contributed by atoms with Crippen LogP contribution in [-0.4, -0.2) is 56.9 Å². The number of rotatable bonds is 5. The van der Waals surface area contributed by atoms with Crippen molar-refractivity contribution < 1.29 is 4.79 Å². The number of anilines is 2. The van der Waals surface area contributed by atoms with Gasteiger partial charge in [0, 0.05) is 44.6 Å². The third-order valence-electron chi connectivity index (χ3n) is 4.77. The molecule has 4 rings (SSSR count). The molecule has 0 saturated carbocycles. The van der Waals surface area contributed by atoms with Crippen LogP contribution in [0.1, 0.15) is 22.0 Å².